The third-order valence-electron chi connectivity index (χ3n) is 6.67. The molecule has 0 aliphatic heterocycles. The maximum atomic E-state index is 10.3. The average Bonchev–Trinajstić information content (AvgIpc) is 2.67. The highest BCUT2D eigenvalue weighted by atomic mass is 16.3. The molecule has 152 valence electrons. The van der Waals surface area contributed by atoms with E-state index in [0.717, 1.165) is 24.0 Å². The summed E-state index contributed by atoms with van der Waals surface area (Å²) in [4.78, 5) is 0. The second kappa shape index (κ2) is 9.49. The van der Waals surface area contributed by atoms with Crippen molar-refractivity contribution in [2.24, 2.45) is 0 Å². The van der Waals surface area contributed by atoms with Gasteiger partial charge in [-0.3, -0.25) is 0 Å². The molecule has 2 aromatic carbocycles. The van der Waals surface area contributed by atoms with E-state index in [2.05, 4.69) is 24.3 Å². The van der Waals surface area contributed by atoms with Gasteiger partial charge in [-0.1, -0.05) is 82.1 Å². The van der Waals surface area contributed by atoms with Crippen LogP contribution >= 0.6 is 0 Å². The molecule has 2 heteroatoms. The van der Waals surface area contributed by atoms with Crippen LogP contribution in [0.1, 0.15) is 92.9 Å². The zero-order valence-electron chi connectivity index (χ0n) is 17.6. The Morgan fingerprint density at radius 1 is 0.607 bits per heavy atom. The van der Waals surface area contributed by atoms with E-state index in [1.165, 1.54) is 68.9 Å². The second-order valence-electron chi connectivity index (χ2n) is 8.77. The molecule has 0 amide bonds. The van der Waals surface area contributed by atoms with Crippen LogP contribution in [0, 0.1) is 13.8 Å². The van der Waals surface area contributed by atoms with Gasteiger partial charge in [0.25, 0.3) is 0 Å². The lowest BCUT2D eigenvalue weighted by atomic mass is 9.67. The normalized spacial score (nSPS) is 18.8. The quantitative estimate of drug-likeness (QED) is 0.573. The first-order valence-corrected chi connectivity index (χ1v) is 11.1. The molecule has 0 spiro atoms. The fraction of sp³-hybridized carbons (Fsp3) is 0.538. The van der Waals surface area contributed by atoms with E-state index in [1.54, 1.807) is 0 Å². The molecule has 28 heavy (non-hydrogen) atoms. The minimum Gasteiger partial charge on any atom is -0.508 e. The van der Waals surface area contributed by atoms with Crippen LogP contribution in [0.25, 0.3) is 0 Å². The molecule has 0 aromatic heterocycles. The summed E-state index contributed by atoms with van der Waals surface area (Å²) >= 11 is 0. The molecule has 0 heterocycles. The number of hydrogen-bond acceptors (Lipinski definition) is 2. The summed E-state index contributed by atoms with van der Waals surface area (Å²) in [7, 11) is 0. The Labute approximate surface area is 170 Å². The van der Waals surface area contributed by atoms with Gasteiger partial charge in [-0.2, -0.15) is 0 Å². The molecule has 0 unspecified atom stereocenters. The van der Waals surface area contributed by atoms with E-state index in [-0.39, 0.29) is 5.41 Å². The highest BCUT2D eigenvalue weighted by molar-refractivity contribution is 5.49. The van der Waals surface area contributed by atoms with Gasteiger partial charge in [0.05, 0.1) is 0 Å². The smallest absolute Gasteiger partial charge is 0.121 e. The minimum absolute atomic E-state index is 0.0455. The van der Waals surface area contributed by atoms with Crippen molar-refractivity contribution in [3.05, 3.63) is 58.7 Å². The molecule has 1 aliphatic carbocycles. The van der Waals surface area contributed by atoms with E-state index < -0.39 is 0 Å². The summed E-state index contributed by atoms with van der Waals surface area (Å²) in [5, 5.41) is 20.2. The maximum Gasteiger partial charge on any atom is 0.121 e. The van der Waals surface area contributed by atoms with Gasteiger partial charge in [0, 0.05) is 5.41 Å². The zero-order valence-corrected chi connectivity index (χ0v) is 17.6. The molecule has 0 bridgehead atoms. The third-order valence-corrected chi connectivity index (χ3v) is 6.67. The lowest BCUT2D eigenvalue weighted by Gasteiger charge is -2.37. The summed E-state index contributed by atoms with van der Waals surface area (Å²) in [6, 6.07) is 12.3. The summed E-state index contributed by atoms with van der Waals surface area (Å²) in [6.07, 6.45) is 14.1. The fourth-order valence-corrected chi connectivity index (χ4v) is 4.97. The Morgan fingerprint density at radius 2 is 1.04 bits per heavy atom. The number of phenolic OH excluding ortho intramolecular Hbond substituents is 2. The third kappa shape index (κ3) is 4.71. The van der Waals surface area contributed by atoms with E-state index >= 15 is 0 Å². The Morgan fingerprint density at radius 3 is 1.50 bits per heavy atom. The van der Waals surface area contributed by atoms with E-state index in [1.807, 2.05) is 26.0 Å². The van der Waals surface area contributed by atoms with Gasteiger partial charge in [-0.15, -0.1) is 0 Å². The number of hydrogen-bond donors (Lipinski definition) is 2. The first-order chi connectivity index (χ1) is 13.5. The molecule has 3 rings (SSSR count). The largest absolute Gasteiger partial charge is 0.508 e. The molecule has 1 saturated carbocycles. The Bertz CT molecular complexity index is 725. The number of phenols is 2. The van der Waals surface area contributed by atoms with Gasteiger partial charge in [-0.25, -0.2) is 0 Å². The van der Waals surface area contributed by atoms with Crippen LogP contribution in [-0.4, -0.2) is 10.2 Å². The van der Waals surface area contributed by atoms with Crippen molar-refractivity contribution < 1.29 is 10.2 Å². The van der Waals surface area contributed by atoms with Crippen molar-refractivity contribution in [3.63, 3.8) is 0 Å². The predicted molar refractivity (Wildman–Crippen MR) is 117 cm³/mol. The van der Waals surface area contributed by atoms with Gasteiger partial charge in [-0.05, 0) is 61.1 Å². The van der Waals surface area contributed by atoms with Crippen molar-refractivity contribution in [1.82, 2.24) is 0 Å². The number of aryl methyl sites for hydroxylation is 2. The van der Waals surface area contributed by atoms with E-state index in [4.69, 9.17) is 0 Å². The number of benzene rings is 2. The van der Waals surface area contributed by atoms with Gasteiger partial charge >= 0.3 is 0 Å². The van der Waals surface area contributed by atoms with Crippen LogP contribution in [0.5, 0.6) is 11.5 Å². The van der Waals surface area contributed by atoms with Gasteiger partial charge in [0.2, 0.25) is 0 Å². The van der Waals surface area contributed by atoms with E-state index in [0.29, 0.717) is 11.5 Å². The van der Waals surface area contributed by atoms with Gasteiger partial charge in [0.15, 0.2) is 0 Å². The summed E-state index contributed by atoms with van der Waals surface area (Å²) in [5.41, 5.74) is 4.49. The first kappa shape index (κ1) is 20.8. The lowest BCUT2D eigenvalue weighted by molar-refractivity contribution is 0.381. The molecule has 2 N–H and O–H groups in total. The Kier molecular flexibility index (Phi) is 7.04. The van der Waals surface area contributed by atoms with Crippen molar-refractivity contribution in [2.45, 2.75) is 89.9 Å². The highest BCUT2D eigenvalue weighted by Gasteiger charge is 2.34. The Balaban J connectivity index is 2.06. The number of aromatic hydroxyl groups is 2. The van der Waals surface area contributed by atoms with Gasteiger partial charge in [0.1, 0.15) is 11.5 Å². The molecule has 2 aromatic rings. The topological polar surface area (TPSA) is 40.5 Å². The highest BCUT2D eigenvalue weighted by Crippen LogP contribution is 2.44. The first-order valence-electron chi connectivity index (χ1n) is 11.1. The fourth-order valence-electron chi connectivity index (χ4n) is 4.97. The standard InChI is InChI=1S/C26H36O2/c1-20-18-23(19-21(2)25(20)28)26(22-12-14-24(27)15-13-22)16-10-8-6-4-3-5-7-9-11-17-26/h12-15,18-19,27-28H,3-11,16-17H2,1-2H3. The van der Waals surface area contributed by atoms with Crippen molar-refractivity contribution >= 4 is 0 Å². The van der Waals surface area contributed by atoms with Crippen LogP contribution in [0.4, 0.5) is 0 Å². The van der Waals surface area contributed by atoms with Crippen molar-refractivity contribution in [3.8, 4) is 11.5 Å². The zero-order chi connectivity index (χ0) is 20.0. The van der Waals surface area contributed by atoms with Crippen LogP contribution < -0.4 is 0 Å². The molecule has 0 saturated heterocycles. The van der Waals surface area contributed by atoms with Crippen LogP contribution in [0.15, 0.2) is 36.4 Å². The molecule has 1 aliphatic rings. The summed E-state index contributed by atoms with van der Waals surface area (Å²) in [5.74, 6) is 0.739. The lowest BCUT2D eigenvalue weighted by Crippen LogP contribution is -2.28. The second-order valence-corrected chi connectivity index (χ2v) is 8.77. The van der Waals surface area contributed by atoms with Crippen molar-refractivity contribution in [2.75, 3.05) is 0 Å². The molecular weight excluding hydrogens is 344 g/mol. The Hall–Kier alpha value is -1.96. The minimum atomic E-state index is -0.0455. The summed E-state index contributed by atoms with van der Waals surface area (Å²) in [6.45, 7) is 4.01. The van der Waals surface area contributed by atoms with Crippen LogP contribution in [0.2, 0.25) is 0 Å². The van der Waals surface area contributed by atoms with Crippen LogP contribution in [-0.2, 0) is 5.41 Å². The molecular formula is C26H36O2. The van der Waals surface area contributed by atoms with Crippen molar-refractivity contribution in [1.29, 1.82) is 0 Å². The SMILES string of the molecule is Cc1cc(C2(c3ccc(O)cc3)CCCCCCCCCCC2)cc(C)c1O. The van der Waals surface area contributed by atoms with Crippen LogP contribution in [0.3, 0.4) is 0 Å². The maximum absolute atomic E-state index is 10.3. The molecule has 2 nitrogen and oxygen atoms in total. The predicted octanol–water partition coefficient (Wildman–Crippen LogP) is 7.31. The average molecular weight is 381 g/mol. The number of rotatable bonds is 2. The molecule has 0 atom stereocenters. The monoisotopic (exact) mass is 380 g/mol. The van der Waals surface area contributed by atoms with Gasteiger partial charge < -0.3 is 10.2 Å². The molecule has 0 radical (unpaired) electrons. The summed E-state index contributed by atoms with van der Waals surface area (Å²) < 4.78 is 0. The van der Waals surface area contributed by atoms with E-state index in [9.17, 15) is 10.2 Å². The molecule has 1 fully saturated rings.